The molecule has 2 nitrogen and oxygen atoms in total. The Morgan fingerprint density at radius 2 is 1.02 bits per heavy atom. The van der Waals surface area contributed by atoms with Gasteiger partial charge in [0.2, 0.25) is 0 Å². The maximum absolute atomic E-state index is 6.53. The Bertz CT molecular complexity index is 2020. The highest BCUT2D eigenvalue weighted by atomic mass is 16.5. The van der Waals surface area contributed by atoms with Crippen molar-refractivity contribution in [2.75, 3.05) is 4.90 Å². The van der Waals surface area contributed by atoms with Crippen LogP contribution >= 0.6 is 0 Å². The molecule has 7 aromatic carbocycles. The van der Waals surface area contributed by atoms with E-state index in [4.69, 9.17) is 4.74 Å². The van der Waals surface area contributed by atoms with E-state index in [1.165, 1.54) is 38.2 Å². The molecule has 0 atom stereocenters. The molecule has 1 aliphatic heterocycles. The minimum absolute atomic E-state index is 0.871. The Morgan fingerprint density at radius 1 is 0.375 bits per heavy atom. The van der Waals surface area contributed by atoms with Crippen LogP contribution in [0.5, 0.6) is 11.5 Å². The van der Waals surface area contributed by atoms with Crippen molar-refractivity contribution in [1.82, 2.24) is 0 Å². The second-order valence-electron chi connectivity index (χ2n) is 10.2. The van der Waals surface area contributed by atoms with Gasteiger partial charge in [-0.3, -0.25) is 0 Å². The molecule has 7 aromatic rings. The van der Waals surface area contributed by atoms with Crippen molar-refractivity contribution in [3.63, 3.8) is 0 Å². The van der Waals surface area contributed by atoms with Crippen LogP contribution in [0.25, 0.3) is 43.8 Å². The van der Waals surface area contributed by atoms with Gasteiger partial charge < -0.3 is 9.64 Å². The lowest BCUT2D eigenvalue weighted by molar-refractivity contribution is 0.487. The summed E-state index contributed by atoms with van der Waals surface area (Å²) in [6, 6.07) is 53.8. The second-order valence-corrected chi connectivity index (χ2v) is 10.2. The van der Waals surface area contributed by atoms with Crippen LogP contribution < -0.4 is 9.64 Å². The first-order valence-corrected chi connectivity index (χ1v) is 13.6. The number of anilines is 3. The van der Waals surface area contributed by atoms with Gasteiger partial charge in [-0.2, -0.15) is 0 Å². The molecular formula is C38H25NO. The summed E-state index contributed by atoms with van der Waals surface area (Å²) >= 11 is 0. The zero-order chi connectivity index (χ0) is 26.5. The van der Waals surface area contributed by atoms with Crippen LogP contribution in [-0.4, -0.2) is 0 Å². The third-order valence-electron chi connectivity index (χ3n) is 7.82. The van der Waals surface area contributed by atoms with Gasteiger partial charge in [-0.25, -0.2) is 0 Å². The first-order chi connectivity index (χ1) is 19.8. The Morgan fingerprint density at radius 3 is 1.88 bits per heavy atom. The molecular weight excluding hydrogens is 486 g/mol. The fraction of sp³-hybridized carbons (Fsp3) is 0. The zero-order valence-electron chi connectivity index (χ0n) is 21.8. The number of hydrogen-bond acceptors (Lipinski definition) is 2. The fourth-order valence-electron chi connectivity index (χ4n) is 5.89. The third-order valence-corrected chi connectivity index (χ3v) is 7.82. The summed E-state index contributed by atoms with van der Waals surface area (Å²) < 4.78 is 6.53. The molecule has 0 radical (unpaired) electrons. The minimum Gasteiger partial charge on any atom is -0.456 e. The molecule has 0 fully saturated rings. The van der Waals surface area contributed by atoms with Crippen LogP contribution in [0.1, 0.15) is 0 Å². The number of fused-ring (bicyclic) bond motifs is 3. The van der Waals surface area contributed by atoms with Crippen LogP contribution in [0.2, 0.25) is 0 Å². The standard InChI is InChI=1S/C38H25NO/c1-2-8-26(9-3-1)28-16-19-31(20-17-28)39(32-21-18-27-10-4-5-11-30(27)24-32)33-22-23-34-35-14-6-12-29-13-7-15-36(38(29)35)40-37(34)25-33/h1-25H. The molecule has 1 aliphatic rings. The number of nitrogens with zero attached hydrogens (tertiary/aromatic N) is 1. The summed E-state index contributed by atoms with van der Waals surface area (Å²) in [5.74, 6) is 1.78. The van der Waals surface area contributed by atoms with Crippen LogP contribution in [0, 0.1) is 0 Å². The van der Waals surface area contributed by atoms with E-state index in [2.05, 4.69) is 157 Å². The van der Waals surface area contributed by atoms with Gasteiger partial charge in [-0.1, -0.05) is 103 Å². The predicted octanol–water partition coefficient (Wildman–Crippen LogP) is 10.9. The Kier molecular flexibility index (Phi) is 5.17. The van der Waals surface area contributed by atoms with E-state index in [0.29, 0.717) is 0 Å². The first kappa shape index (κ1) is 22.6. The fourth-order valence-corrected chi connectivity index (χ4v) is 5.89. The molecule has 0 aliphatic carbocycles. The maximum Gasteiger partial charge on any atom is 0.137 e. The number of hydrogen-bond donors (Lipinski definition) is 0. The first-order valence-electron chi connectivity index (χ1n) is 13.6. The van der Waals surface area contributed by atoms with Crippen molar-refractivity contribution in [2.45, 2.75) is 0 Å². The third kappa shape index (κ3) is 3.73. The molecule has 1 heterocycles. The lowest BCUT2D eigenvalue weighted by atomic mass is 9.94. The highest BCUT2D eigenvalue weighted by molar-refractivity contribution is 6.04. The summed E-state index contributed by atoms with van der Waals surface area (Å²) in [4.78, 5) is 2.31. The van der Waals surface area contributed by atoms with E-state index in [9.17, 15) is 0 Å². The van der Waals surface area contributed by atoms with Gasteiger partial charge in [0, 0.05) is 34.1 Å². The van der Waals surface area contributed by atoms with Gasteiger partial charge in [0.1, 0.15) is 11.5 Å². The van der Waals surface area contributed by atoms with Gasteiger partial charge >= 0.3 is 0 Å². The SMILES string of the molecule is c1ccc(-c2ccc(N(c3ccc4c(c3)Oc3cccc5cccc-4c35)c3ccc4ccccc4c3)cc2)cc1. The zero-order valence-corrected chi connectivity index (χ0v) is 21.8. The van der Waals surface area contributed by atoms with Crippen LogP contribution in [-0.2, 0) is 0 Å². The van der Waals surface area contributed by atoms with E-state index in [1.807, 2.05) is 0 Å². The summed E-state index contributed by atoms with van der Waals surface area (Å²) in [5, 5.41) is 4.80. The molecule has 0 bridgehead atoms. The minimum atomic E-state index is 0.871. The lowest BCUT2D eigenvalue weighted by Crippen LogP contribution is -2.10. The molecule has 8 rings (SSSR count). The molecule has 0 spiro atoms. The van der Waals surface area contributed by atoms with Crippen LogP contribution in [0.3, 0.4) is 0 Å². The van der Waals surface area contributed by atoms with Gasteiger partial charge in [-0.15, -0.1) is 0 Å². The lowest BCUT2D eigenvalue weighted by Gasteiger charge is -2.28. The summed E-state index contributed by atoms with van der Waals surface area (Å²) in [7, 11) is 0. The topological polar surface area (TPSA) is 12.5 Å². The van der Waals surface area contributed by atoms with E-state index in [-0.39, 0.29) is 0 Å². The van der Waals surface area contributed by atoms with Gasteiger partial charge in [0.15, 0.2) is 0 Å². The molecule has 40 heavy (non-hydrogen) atoms. The van der Waals surface area contributed by atoms with E-state index >= 15 is 0 Å². The van der Waals surface area contributed by atoms with Crippen LogP contribution in [0.15, 0.2) is 152 Å². The van der Waals surface area contributed by atoms with E-state index in [0.717, 1.165) is 34.1 Å². The number of rotatable bonds is 4. The summed E-state index contributed by atoms with van der Waals surface area (Å²) in [5.41, 5.74) is 7.98. The Labute approximate surface area is 233 Å². The average Bonchev–Trinajstić information content (AvgIpc) is 3.02. The molecule has 0 aromatic heterocycles. The normalized spacial score (nSPS) is 11.7. The molecule has 0 unspecified atom stereocenters. The highest BCUT2D eigenvalue weighted by Gasteiger charge is 2.22. The predicted molar refractivity (Wildman–Crippen MR) is 167 cm³/mol. The van der Waals surface area contributed by atoms with Crippen molar-refractivity contribution in [1.29, 1.82) is 0 Å². The smallest absolute Gasteiger partial charge is 0.137 e. The molecule has 0 saturated heterocycles. The van der Waals surface area contributed by atoms with Crippen molar-refractivity contribution < 1.29 is 4.74 Å². The van der Waals surface area contributed by atoms with Crippen molar-refractivity contribution >= 4 is 38.6 Å². The number of benzene rings is 7. The average molecular weight is 512 g/mol. The Balaban J connectivity index is 1.28. The van der Waals surface area contributed by atoms with Gasteiger partial charge in [-0.05, 0) is 75.3 Å². The second kappa shape index (κ2) is 9.14. The Hall–Kier alpha value is -5.34. The summed E-state index contributed by atoms with van der Waals surface area (Å²) in [6.07, 6.45) is 0. The van der Waals surface area contributed by atoms with Gasteiger partial charge in [0.05, 0.1) is 0 Å². The number of ether oxygens (including phenoxy) is 1. The molecule has 0 saturated carbocycles. The molecule has 0 N–H and O–H groups in total. The molecule has 0 amide bonds. The quantitative estimate of drug-likeness (QED) is 0.233. The molecule has 2 heteroatoms. The van der Waals surface area contributed by atoms with Crippen molar-refractivity contribution in [3.8, 4) is 33.8 Å². The molecule has 188 valence electrons. The van der Waals surface area contributed by atoms with Crippen molar-refractivity contribution in [3.05, 3.63) is 152 Å². The maximum atomic E-state index is 6.53. The van der Waals surface area contributed by atoms with Crippen LogP contribution in [0.4, 0.5) is 17.1 Å². The largest absolute Gasteiger partial charge is 0.456 e. The van der Waals surface area contributed by atoms with E-state index < -0.39 is 0 Å². The monoisotopic (exact) mass is 511 g/mol. The highest BCUT2D eigenvalue weighted by Crippen LogP contribution is 2.48. The van der Waals surface area contributed by atoms with Gasteiger partial charge in [0.25, 0.3) is 0 Å². The van der Waals surface area contributed by atoms with E-state index in [1.54, 1.807) is 0 Å². The van der Waals surface area contributed by atoms with Crippen molar-refractivity contribution in [2.24, 2.45) is 0 Å². The summed E-state index contributed by atoms with van der Waals surface area (Å²) in [6.45, 7) is 0.